The van der Waals surface area contributed by atoms with Gasteiger partial charge >= 0.3 is 0 Å². The molecule has 0 bridgehead atoms. The number of hydrogen-bond donors (Lipinski definition) is 1. The first kappa shape index (κ1) is 12.7. The second-order valence-electron chi connectivity index (χ2n) is 4.61. The number of hydrogen-bond acceptors (Lipinski definition) is 2. The molecule has 0 radical (unpaired) electrons. The highest BCUT2D eigenvalue weighted by Crippen LogP contribution is 2.24. The number of nitrogens with one attached hydrogen (secondary N) is 1. The van der Waals surface area contributed by atoms with Crippen molar-refractivity contribution in [3.05, 3.63) is 16.9 Å². The van der Waals surface area contributed by atoms with Crippen LogP contribution in [0.1, 0.15) is 33.1 Å². The van der Waals surface area contributed by atoms with E-state index in [1.165, 1.54) is 25.8 Å². The maximum atomic E-state index is 3.65. The van der Waals surface area contributed by atoms with Crippen LogP contribution in [0.5, 0.6) is 0 Å². The lowest BCUT2D eigenvalue weighted by molar-refractivity contribution is 0.108. The molecular formula is C11H20BrN3. The Morgan fingerprint density at radius 2 is 2.20 bits per heavy atom. The van der Waals surface area contributed by atoms with Crippen LogP contribution in [0.25, 0.3) is 0 Å². The van der Waals surface area contributed by atoms with Crippen molar-refractivity contribution in [3.63, 3.8) is 0 Å². The largest absolute Gasteiger partial charge is 0.301 e. The third kappa shape index (κ3) is 4.34. The van der Waals surface area contributed by atoms with Crippen LogP contribution in [0.15, 0.2) is 16.9 Å². The van der Waals surface area contributed by atoms with Gasteiger partial charge < -0.3 is 4.90 Å². The van der Waals surface area contributed by atoms with Crippen LogP contribution in [-0.4, -0.2) is 34.2 Å². The predicted octanol–water partition coefficient (Wildman–Crippen LogP) is 3.05. The van der Waals surface area contributed by atoms with Crippen LogP contribution in [0.2, 0.25) is 0 Å². The molecule has 4 heteroatoms. The first-order valence-corrected chi connectivity index (χ1v) is 6.17. The highest BCUT2D eigenvalue weighted by atomic mass is 79.9. The second kappa shape index (κ2) is 5.66. The fourth-order valence-electron chi connectivity index (χ4n) is 1.64. The molecule has 1 aliphatic heterocycles. The summed E-state index contributed by atoms with van der Waals surface area (Å²) in [6.07, 6.45) is 7.63. The monoisotopic (exact) mass is 273 g/mol. The SMILES string of the molecule is Brc1cn[nH]c1.CN1CCCCC1(C)C. The summed E-state index contributed by atoms with van der Waals surface area (Å²) in [5.41, 5.74) is 0.470. The number of aromatic amines is 1. The van der Waals surface area contributed by atoms with Crippen molar-refractivity contribution in [1.82, 2.24) is 15.1 Å². The molecule has 1 aromatic heterocycles. The third-order valence-electron chi connectivity index (χ3n) is 3.03. The average molecular weight is 274 g/mol. The zero-order valence-corrected chi connectivity index (χ0v) is 11.3. The van der Waals surface area contributed by atoms with Crippen molar-refractivity contribution in [3.8, 4) is 0 Å². The molecule has 1 aromatic rings. The quantitative estimate of drug-likeness (QED) is 0.788. The Hall–Kier alpha value is -0.350. The van der Waals surface area contributed by atoms with Gasteiger partial charge in [-0.2, -0.15) is 5.10 Å². The van der Waals surface area contributed by atoms with Gasteiger partial charge in [-0.1, -0.05) is 6.42 Å². The number of H-pyrrole nitrogens is 1. The van der Waals surface area contributed by atoms with E-state index in [2.05, 4.69) is 51.9 Å². The molecule has 1 N–H and O–H groups in total. The molecular weight excluding hydrogens is 254 g/mol. The van der Waals surface area contributed by atoms with Crippen LogP contribution in [-0.2, 0) is 0 Å². The van der Waals surface area contributed by atoms with Crippen molar-refractivity contribution in [1.29, 1.82) is 0 Å². The molecule has 2 rings (SSSR count). The maximum Gasteiger partial charge on any atom is 0.0629 e. The Kier molecular flexibility index (Phi) is 4.80. The summed E-state index contributed by atoms with van der Waals surface area (Å²) >= 11 is 3.19. The molecule has 0 amide bonds. The number of rotatable bonds is 0. The molecule has 1 aliphatic rings. The van der Waals surface area contributed by atoms with Gasteiger partial charge in [-0.3, -0.25) is 5.10 Å². The lowest BCUT2D eigenvalue weighted by Crippen LogP contribution is -2.44. The first-order valence-electron chi connectivity index (χ1n) is 5.38. The summed E-state index contributed by atoms with van der Waals surface area (Å²) in [6.45, 7) is 5.94. The molecule has 15 heavy (non-hydrogen) atoms. The van der Waals surface area contributed by atoms with E-state index in [0.29, 0.717) is 5.54 Å². The molecule has 0 aromatic carbocycles. The molecule has 3 nitrogen and oxygen atoms in total. The van der Waals surface area contributed by atoms with E-state index in [1.807, 2.05) is 0 Å². The summed E-state index contributed by atoms with van der Waals surface area (Å²) in [7, 11) is 2.22. The molecule has 0 atom stereocenters. The Bertz CT molecular complexity index is 269. The Morgan fingerprint density at radius 3 is 2.47 bits per heavy atom. The smallest absolute Gasteiger partial charge is 0.0629 e. The van der Waals surface area contributed by atoms with Crippen LogP contribution >= 0.6 is 15.9 Å². The second-order valence-corrected chi connectivity index (χ2v) is 5.52. The van der Waals surface area contributed by atoms with Gasteiger partial charge in [-0.25, -0.2) is 0 Å². The topological polar surface area (TPSA) is 31.9 Å². The van der Waals surface area contributed by atoms with E-state index in [9.17, 15) is 0 Å². The normalized spacial score (nSPS) is 20.5. The lowest BCUT2D eigenvalue weighted by Gasteiger charge is -2.39. The van der Waals surface area contributed by atoms with E-state index in [1.54, 1.807) is 12.4 Å². The number of aromatic nitrogens is 2. The number of likely N-dealkylation sites (tertiary alicyclic amines) is 1. The van der Waals surface area contributed by atoms with Gasteiger partial charge in [0.15, 0.2) is 0 Å². The molecule has 2 heterocycles. The molecule has 1 saturated heterocycles. The molecule has 86 valence electrons. The highest BCUT2D eigenvalue weighted by molar-refractivity contribution is 9.10. The predicted molar refractivity (Wildman–Crippen MR) is 66.8 cm³/mol. The van der Waals surface area contributed by atoms with Gasteiger partial charge in [0.2, 0.25) is 0 Å². The summed E-state index contributed by atoms with van der Waals surface area (Å²) in [5, 5.41) is 6.28. The van der Waals surface area contributed by atoms with Crippen molar-refractivity contribution in [2.24, 2.45) is 0 Å². The third-order valence-corrected chi connectivity index (χ3v) is 3.46. The van der Waals surface area contributed by atoms with E-state index in [4.69, 9.17) is 0 Å². The summed E-state index contributed by atoms with van der Waals surface area (Å²) in [5.74, 6) is 0. The molecule has 0 saturated carbocycles. The van der Waals surface area contributed by atoms with Crippen LogP contribution in [0.4, 0.5) is 0 Å². The minimum Gasteiger partial charge on any atom is -0.301 e. The van der Waals surface area contributed by atoms with Gasteiger partial charge in [-0.05, 0) is 56.2 Å². The van der Waals surface area contributed by atoms with E-state index < -0.39 is 0 Å². The van der Waals surface area contributed by atoms with Crippen molar-refractivity contribution >= 4 is 15.9 Å². The van der Waals surface area contributed by atoms with Crippen LogP contribution < -0.4 is 0 Å². The number of nitrogens with zero attached hydrogens (tertiary/aromatic N) is 2. The zero-order valence-electron chi connectivity index (χ0n) is 9.76. The molecule has 1 fully saturated rings. The Labute approximate surface area is 100 Å². The summed E-state index contributed by atoms with van der Waals surface area (Å²) in [6, 6.07) is 0. The molecule has 0 unspecified atom stereocenters. The van der Waals surface area contributed by atoms with E-state index >= 15 is 0 Å². The maximum absolute atomic E-state index is 3.65. The van der Waals surface area contributed by atoms with Crippen LogP contribution in [0.3, 0.4) is 0 Å². The van der Waals surface area contributed by atoms with Gasteiger partial charge in [0, 0.05) is 11.7 Å². The van der Waals surface area contributed by atoms with E-state index in [-0.39, 0.29) is 0 Å². The van der Waals surface area contributed by atoms with Crippen LogP contribution in [0, 0.1) is 0 Å². The minimum atomic E-state index is 0.470. The number of piperidine rings is 1. The van der Waals surface area contributed by atoms with Gasteiger partial charge in [0.1, 0.15) is 0 Å². The summed E-state index contributed by atoms with van der Waals surface area (Å²) < 4.78 is 0.988. The Morgan fingerprint density at radius 1 is 1.47 bits per heavy atom. The first-order chi connectivity index (χ1) is 7.02. The zero-order chi connectivity index (χ0) is 11.3. The fraction of sp³-hybridized carbons (Fsp3) is 0.727. The van der Waals surface area contributed by atoms with Gasteiger partial charge in [-0.15, -0.1) is 0 Å². The van der Waals surface area contributed by atoms with Gasteiger partial charge in [0.25, 0.3) is 0 Å². The highest BCUT2D eigenvalue weighted by Gasteiger charge is 2.25. The van der Waals surface area contributed by atoms with Crippen molar-refractivity contribution in [2.45, 2.75) is 38.6 Å². The summed E-state index contributed by atoms with van der Waals surface area (Å²) in [4.78, 5) is 2.45. The number of halogens is 1. The molecule has 0 spiro atoms. The lowest BCUT2D eigenvalue weighted by atomic mass is 9.91. The fourth-order valence-corrected chi connectivity index (χ4v) is 1.84. The Balaban J connectivity index is 0.000000162. The average Bonchev–Trinajstić information content (AvgIpc) is 2.63. The standard InChI is InChI=1S/C8H17N.C3H3BrN2/c1-8(2)6-4-5-7-9(8)3;4-3-1-5-6-2-3/h4-7H2,1-3H3;1-2H,(H,5,6). The molecule has 0 aliphatic carbocycles. The minimum absolute atomic E-state index is 0.470. The van der Waals surface area contributed by atoms with Gasteiger partial charge in [0.05, 0.1) is 10.7 Å². The van der Waals surface area contributed by atoms with E-state index in [0.717, 1.165) is 4.47 Å². The van der Waals surface area contributed by atoms with Crippen molar-refractivity contribution < 1.29 is 0 Å². The van der Waals surface area contributed by atoms with Crippen molar-refractivity contribution in [2.75, 3.05) is 13.6 Å².